The first kappa shape index (κ1) is 13.1. The lowest BCUT2D eigenvalue weighted by Gasteiger charge is -2.33. The fraction of sp³-hybridized carbons (Fsp3) is 0.500. The van der Waals surface area contributed by atoms with Crippen molar-refractivity contribution in [2.75, 3.05) is 32.9 Å². The maximum Gasteiger partial charge on any atom is 0.328 e. The second kappa shape index (κ2) is 6.52. The van der Waals surface area contributed by atoms with E-state index in [1.807, 2.05) is 37.3 Å². The van der Waals surface area contributed by atoms with Crippen molar-refractivity contribution >= 4 is 5.97 Å². The molecule has 1 unspecified atom stereocenters. The van der Waals surface area contributed by atoms with Crippen molar-refractivity contribution in [3.63, 3.8) is 0 Å². The normalized spacial score (nSPS) is 18.3. The Hall–Kier alpha value is -1.39. The van der Waals surface area contributed by atoms with E-state index in [0.29, 0.717) is 19.8 Å². The molecule has 0 amide bonds. The lowest BCUT2D eigenvalue weighted by Crippen LogP contribution is -2.42. The van der Waals surface area contributed by atoms with Gasteiger partial charge in [-0.15, -0.1) is 0 Å². The van der Waals surface area contributed by atoms with Crippen molar-refractivity contribution in [2.45, 2.75) is 13.0 Å². The molecule has 1 fully saturated rings. The number of ether oxygens (including phenoxy) is 2. The van der Waals surface area contributed by atoms with Gasteiger partial charge in [0.15, 0.2) is 0 Å². The van der Waals surface area contributed by atoms with Gasteiger partial charge in [-0.1, -0.05) is 30.3 Å². The van der Waals surface area contributed by atoms with Gasteiger partial charge in [0, 0.05) is 13.1 Å². The fourth-order valence-electron chi connectivity index (χ4n) is 2.19. The lowest BCUT2D eigenvalue weighted by atomic mass is 10.1. The van der Waals surface area contributed by atoms with Gasteiger partial charge in [-0.3, -0.25) is 4.90 Å². The minimum Gasteiger partial charge on any atom is -0.465 e. The molecule has 1 aliphatic rings. The first-order valence-electron chi connectivity index (χ1n) is 6.36. The third-order valence-electron chi connectivity index (χ3n) is 3.04. The highest BCUT2D eigenvalue weighted by molar-refractivity contribution is 5.77. The molecular formula is C14H19NO3. The third-order valence-corrected chi connectivity index (χ3v) is 3.04. The first-order chi connectivity index (χ1) is 8.83. The summed E-state index contributed by atoms with van der Waals surface area (Å²) in [5.41, 5.74) is 0.984. The molecule has 1 heterocycles. The fourth-order valence-corrected chi connectivity index (χ4v) is 2.19. The molecule has 1 saturated heterocycles. The predicted molar refractivity (Wildman–Crippen MR) is 68.2 cm³/mol. The van der Waals surface area contributed by atoms with Gasteiger partial charge in [-0.25, -0.2) is 4.79 Å². The van der Waals surface area contributed by atoms with Gasteiger partial charge in [0.25, 0.3) is 0 Å². The van der Waals surface area contributed by atoms with Crippen LogP contribution in [0.25, 0.3) is 0 Å². The molecular weight excluding hydrogens is 230 g/mol. The van der Waals surface area contributed by atoms with Crippen molar-refractivity contribution in [2.24, 2.45) is 0 Å². The molecule has 4 nitrogen and oxygen atoms in total. The van der Waals surface area contributed by atoms with E-state index in [0.717, 1.165) is 18.7 Å². The second-order valence-corrected chi connectivity index (χ2v) is 4.21. The second-order valence-electron chi connectivity index (χ2n) is 4.21. The SMILES string of the molecule is CCOC(=O)C(c1ccccc1)N1CCOCC1. The Balaban J connectivity index is 2.19. The Kier molecular flexibility index (Phi) is 4.73. The molecule has 0 saturated carbocycles. The molecule has 0 radical (unpaired) electrons. The van der Waals surface area contributed by atoms with Crippen LogP contribution >= 0.6 is 0 Å². The molecule has 98 valence electrons. The van der Waals surface area contributed by atoms with E-state index in [4.69, 9.17) is 9.47 Å². The molecule has 4 heteroatoms. The van der Waals surface area contributed by atoms with Crippen LogP contribution in [-0.4, -0.2) is 43.8 Å². The zero-order valence-electron chi connectivity index (χ0n) is 10.7. The number of morpholine rings is 1. The number of hydrogen-bond donors (Lipinski definition) is 0. The molecule has 0 bridgehead atoms. The van der Waals surface area contributed by atoms with E-state index in [1.165, 1.54) is 0 Å². The Morgan fingerprint density at radius 3 is 2.61 bits per heavy atom. The van der Waals surface area contributed by atoms with E-state index >= 15 is 0 Å². The summed E-state index contributed by atoms with van der Waals surface area (Å²) in [6, 6.07) is 9.47. The summed E-state index contributed by atoms with van der Waals surface area (Å²) in [5.74, 6) is -0.175. The smallest absolute Gasteiger partial charge is 0.328 e. The average molecular weight is 249 g/mol. The van der Waals surface area contributed by atoms with Gasteiger partial charge < -0.3 is 9.47 Å². The lowest BCUT2D eigenvalue weighted by molar-refractivity contribution is -0.151. The minimum atomic E-state index is -0.310. The number of esters is 1. The molecule has 2 rings (SSSR count). The van der Waals surface area contributed by atoms with E-state index < -0.39 is 0 Å². The summed E-state index contributed by atoms with van der Waals surface area (Å²) >= 11 is 0. The van der Waals surface area contributed by atoms with E-state index in [9.17, 15) is 4.79 Å². The monoisotopic (exact) mass is 249 g/mol. The Bertz CT molecular complexity index is 374. The Morgan fingerprint density at radius 1 is 1.33 bits per heavy atom. The van der Waals surface area contributed by atoms with E-state index in [1.54, 1.807) is 0 Å². The van der Waals surface area contributed by atoms with Crippen LogP contribution in [0.1, 0.15) is 18.5 Å². The number of carbonyl (C=O) groups excluding carboxylic acids is 1. The molecule has 0 N–H and O–H groups in total. The van der Waals surface area contributed by atoms with Crippen molar-refractivity contribution in [3.8, 4) is 0 Å². The average Bonchev–Trinajstić information content (AvgIpc) is 2.42. The zero-order valence-corrected chi connectivity index (χ0v) is 10.7. The van der Waals surface area contributed by atoms with Gasteiger partial charge in [0.2, 0.25) is 0 Å². The molecule has 1 aromatic rings. The zero-order chi connectivity index (χ0) is 12.8. The van der Waals surface area contributed by atoms with Crippen LogP contribution in [0, 0.1) is 0 Å². The topological polar surface area (TPSA) is 38.8 Å². The predicted octanol–water partition coefficient (Wildman–Crippen LogP) is 1.62. The quantitative estimate of drug-likeness (QED) is 0.760. The molecule has 0 spiro atoms. The van der Waals surface area contributed by atoms with Crippen LogP contribution in [0.4, 0.5) is 0 Å². The van der Waals surface area contributed by atoms with Crippen molar-refractivity contribution in [3.05, 3.63) is 35.9 Å². The van der Waals surface area contributed by atoms with Gasteiger partial charge >= 0.3 is 5.97 Å². The van der Waals surface area contributed by atoms with Crippen LogP contribution in [0.15, 0.2) is 30.3 Å². The summed E-state index contributed by atoms with van der Waals surface area (Å²) in [6.45, 7) is 5.11. The highest BCUT2D eigenvalue weighted by Gasteiger charge is 2.29. The number of rotatable bonds is 4. The third kappa shape index (κ3) is 3.09. The summed E-state index contributed by atoms with van der Waals surface area (Å²) in [4.78, 5) is 14.3. The van der Waals surface area contributed by atoms with Crippen LogP contribution in [-0.2, 0) is 14.3 Å². The Morgan fingerprint density at radius 2 is 2.00 bits per heavy atom. The summed E-state index contributed by atoms with van der Waals surface area (Å²) in [5, 5.41) is 0. The molecule has 18 heavy (non-hydrogen) atoms. The van der Waals surface area contributed by atoms with Gasteiger partial charge in [0.1, 0.15) is 6.04 Å². The Labute approximate surface area is 107 Å². The number of nitrogens with zero attached hydrogens (tertiary/aromatic N) is 1. The summed E-state index contributed by atoms with van der Waals surface area (Å²) in [7, 11) is 0. The summed E-state index contributed by atoms with van der Waals surface area (Å²) < 4.78 is 10.5. The highest BCUT2D eigenvalue weighted by Crippen LogP contribution is 2.23. The highest BCUT2D eigenvalue weighted by atomic mass is 16.5. The summed E-state index contributed by atoms with van der Waals surface area (Å²) in [6.07, 6.45) is 0. The molecule has 1 aliphatic heterocycles. The van der Waals surface area contributed by atoms with Crippen LogP contribution in [0.5, 0.6) is 0 Å². The van der Waals surface area contributed by atoms with Crippen molar-refractivity contribution < 1.29 is 14.3 Å². The van der Waals surface area contributed by atoms with Gasteiger partial charge in [0.05, 0.1) is 19.8 Å². The first-order valence-corrected chi connectivity index (χ1v) is 6.36. The van der Waals surface area contributed by atoms with Crippen molar-refractivity contribution in [1.82, 2.24) is 4.90 Å². The standard InChI is InChI=1S/C14H19NO3/c1-2-18-14(16)13(12-6-4-3-5-7-12)15-8-10-17-11-9-15/h3-7,13H,2,8-11H2,1H3. The maximum absolute atomic E-state index is 12.1. The molecule has 1 atom stereocenters. The van der Waals surface area contributed by atoms with Crippen LogP contribution in [0.2, 0.25) is 0 Å². The molecule has 0 aliphatic carbocycles. The minimum absolute atomic E-state index is 0.175. The number of benzene rings is 1. The molecule has 1 aromatic carbocycles. The van der Waals surface area contributed by atoms with Gasteiger partial charge in [-0.2, -0.15) is 0 Å². The van der Waals surface area contributed by atoms with Crippen LogP contribution in [0.3, 0.4) is 0 Å². The van der Waals surface area contributed by atoms with E-state index in [-0.39, 0.29) is 12.0 Å². The van der Waals surface area contributed by atoms with Crippen molar-refractivity contribution in [1.29, 1.82) is 0 Å². The largest absolute Gasteiger partial charge is 0.465 e. The van der Waals surface area contributed by atoms with Crippen LogP contribution < -0.4 is 0 Å². The number of carbonyl (C=O) groups is 1. The van der Waals surface area contributed by atoms with Gasteiger partial charge in [-0.05, 0) is 12.5 Å². The van der Waals surface area contributed by atoms with E-state index in [2.05, 4.69) is 4.90 Å². The molecule has 0 aromatic heterocycles. The maximum atomic E-state index is 12.1. The number of hydrogen-bond acceptors (Lipinski definition) is 4.